The number of halogens is 2. The van der Waals surface area contributed by atoms with Gasteiger partial charge in [0.2, 0.25) is 5.91 Å². The maximum Gasteiger partial charge on any atom is 0.369 e. The van der Waals surface area contributed by atoms with Crippen molar-refractivity contribution in [2.75, 3.05) is 33.9 Å². The molecule has 192 valence electrons. The van der Waals surface area contributed by atoms with Crippen molar-refractivity contribution in [1.82, 2.24) is 10.2 Å². The predicted molar refractivity (Wildman–Crippen MR) is 134 cm³/mol. The van der Waals surface area contributed by atoms with Crippen LogP contribution in [0.15, 0.2) is 52.7 Å². The SMILES string of the molecule is CCOC(=O)C(/N=N/c1ccc(Cl)cc1C(=O)c1ccccc1Cl)(NC(=O)CN(C)C)C(=O)OCC. The lowest BCUT2D eigenvalue weighted by atomic mass is 10.0. The van der Waals surface area contributed by atoms with Crippen molar-refractivity contribution >= 4 is 52.5 Å². The molecule has 2 aromatic rings. The lowest BCUT2D eigenvalue weighted by molar-refractivity contribution is -0.168. The van der Waals surface area contributed by atoms with Gasteiger partial charge in [-0.3, -0.25) is 9.59 Å². The zero-order chi connectivity index (χ0) is 26.9. The van der Waals surface area contributed by atoms with Crippen molar-refractivity contribution in [2.24, 2.45) is 10.2 Å². The van der Waals surface area contributed by atoms with Crippen molar-refractivity contribution in [3.63, 3.8) is 0 Å². The summed E-state index contributed by atoms with van der Waals surface area (Å²) in [6.45, 7) is 2.64. The molecule has 0 radical (unpaired) electrons. The topological polar surface area (TPSA) is 127 Å². The molecule has 10 nitrogen and oxygen atoms in total. The van der Waals surface area contributed by atoms with Gasteiger partial charge in [0.15, 0.2) is 5.78 Å². The second-order valence-corrected chi connectivity index (χ2v) is 8.45. The highest BCUT2D eigenvalue weighted by Gasteiger charge is 2.52. The number of hydrogen-bond acceptors (Lipinski definition) is 9. The van der Waals surface area contributed by atoms with E-state index >= 15 is 0 Å². The van der Waals surface area contributed by atoms with Crippen LogP contribution >= 0.6 is 23.2 Å². The molecule has 1 N–H and O–H groups in total. The van der Waals surface area contributed by atoms with Gasteiger partial charge in [-0.25, -0.2) is 9.59 Å². The minimum absolute atomic E-state index is 0.000542. The molecule has 0 heterocycles. The monoisotopic (exact) mass is 536 g/mol. The van der Waals surface area contributed by atoms with Crippen LogP contribution in [-0.2, 0) is 23.9 Å². The molecule has 36 heavy (non-hydrogen) atoms. The minimum atomic E-state index is -2.65. The van der Waals surface area contributed by atoms with Crippen molar-refractivity contribution < 1.29 is 28.7 Å². The van der Waals surface area contributed by atoms with E-state index in [4.69, 9.17) is 32.7 Å². The van der Waals surface area contributed by atoms with E-state index in [9.17, 15) is 19.2 Å². The first-order valence-corrected chi connectivity index (χ1v) is 11.6. The third kappa shape index (κ3) is 7.09. The summed E-state index contributed by atoms with van der Waals surface area (Å²) in [5.41, 5.74) is -2.51. The molecule has 2 aromatic carbocycles. The molecule has 0 fully saturated rings. The standard InChI is InChI=1S/C24H26Cl2N4O6/c1-5-35-22(33)24(23(34)36-6-2,27-20(31)14-30(3)4)29-28-19-12-11-15(25)13-17(19)21(32)16-9-7-8-10-18(16)26/h7-13H,5-6,14H2,1-4H3,(H,27,31)/b29-28+. The summed E-state index contributed by atoms with van der Waals surface area (Å²) in [6, 6.07) is 10.5. The molecule has 0 aromatic heterocycles. The third-order valence-electron chi connectivity index (χ3n) is 4.55. The molecule has 1 amide bonds. The third-order valence-corrected chi connectivity index (χ3v) is 5.12. The van der Waals surface area contributed by atoms with Crippen LogP contribution in [0.3, 0.4) is 0 Å². The van der Waals surface area contributed by atoms with Crippen molar-refractivity contribution in [3.8, 4) is 0 Å². The lowest BCUT2D eigenvalue weighted by Gasteiger charge is -2.25. The van der Waals surface area contributed by atoms with E-state index < -0.39 is 29.3 Å². The molecule has 0 atom stereocenters. The van der Waals surface area contributed by atoms with Gasteiger partial charge in [0.25, 0.3) is 0 Å². The number of likely N-dealkylation sites (N-methyl/N-ethyl adjacent to an activating group) is 1. The Kier molecular flexibility index (Phi) is 10.5. The average molecular weight is 537 g/mol. The number of benzene rings is 2. The van der Waals surface area contributed by atoms with Crippen LogP contribution in [-0.4, -0.2) is 68.0 Å². The smallest absolute Gasteiger partial charge is 0.369 e. The Morgan fingerprint density at radius 1 is 0.944 bits per heavy atom. The van der Waals surface area contributed by atoms with Crippen LogP contribution in [0.25, 0.3) is 0 Å². The molecular formula is C24H26Cl2N4O6. The van der Waals surface area contributed by atoms with E-state index in [0.29, 0.717) is 0 Å². The maximum atomic E-state index is 13.2. The van der Waals surface area contributed by atoms with Gasteiger partial charge in [-0.15, -0.1) is 5.11 Å². The number of carbonyl (C=O) groups excluding carboxylic acids is 4. The fourth-order valence-corrected chi connectivity index (χ4v) is 3.38. The number of azo groups is 1. The summed E-state index contributed by atoms with van der Waals surface area (Å²) < 4.78 is 10.0. The molecule has 12 heteroatoms. The van der Waals surface area contributed by atoms with E-state index in [1.54, 1.807) is 32.3 Å². The minimum Gasteiger partial charge on any atom is -0.462 e. The predicted octanol–water partition coefficient (Wildman–Crippen LogP) is 3.81. The van der Waals surface area contributed by atoms with Crippen molar-refractivity contribution in [3.05, 3.63) is 63.6 Å². The van der Waals surface area contributed by atoms with E-state index in [-0.39, 0.29) is 46.6 Å². The Morgan fingerprint density at radius 2 is 1.56 bits per heavy atom. The molecule has 0 aliphatic carbocycles. The Hall–Kier alpha value is -3.34. The molecular weight excluding hydrogens is 511 g/mol. The number of nitrogens with zero attached hydrogens (tertiary/aromatic N) is 3. The highest BCUT2D eigenvalue weighted by Crippen LogP contribution is 2.30. The molecule has 0 bridgehead atoms. The largest absolute Gasteiger partial charge is 0.462 e. The van der Waals surface area contributed by atoms with Crippen molar-refractivity contribution in [2.45, 2.75) is 19.5 Å². The van der Waals surface area contributed by atoms with Gasteiger partial charge in [0.05, 0.1) is 36.0 Å². The van der Waals surface area contributed by atoms with Gasteiger partial charge in [0.1, 0.15) is 0 Å². The van der Waals surface area contributed by atoms with Crippen LogP contribution < -0.4 is 5.32 Å². The zero-order valence-corrected chi connectivity index (χ0v) is 21.7. The molecule has 0 unspecified atom stereocenters. The quantitative estimate of drug-likeness (QED) is 0.200. The lowest BCUT2D eigenvalue weighted by Crippen LogP contribution is -2.61. The number of esters is 2. The molecule has 0 saturated heterocycles. The van der Waals surface area contributed by atoms with Gasteiger partial charge < -0.3 is 19.7 Å². The fourth-order valence-electron chi connectivity index (χ4n) is 2.99. The Morgan fingerprint density at radius 3 is 2.11 bits per heavy atom. The summed E-state index contributed by atoms with van der Waals surface area (Å²) in [5, 5.41) is 10.6. The zero-order valence-electron chi connectivity index (χ0n) is 20.2. The Balaban J connectivity index is 2.65. The first-order chi connectivity index (χ1) is 17.0. The molecule has 0 aliphatic rings. The van der Waals surface area contributed by atoms with Crippen LogP contribution in [0.5, 0.6) is 0 Å². The highest BCUT2D eigenvalue weighted by atomic mass is 35.5. The molecule has 0 aliphatic heterocycles. The molecule has 2 rings (SSSR count). The Bertz CT molecular complexity index is 1150. The van der Waals surface area contributed by atoms with Crippen LogP contribution in [0.1, 0.15) is 29.8 Å². The second kappa shape index (κ2) is 13.1. The fraction of sp³-hybridized carbons (Fsp3) is 0.333. The molecule has 0 spiro atoms. The van der Waals surface area contributed by atoms with Crippen LogP contribution in [0, 0.1) is 0 Å². The first kappa shape index (κ1) is 28.9. The van der Waals surface area contributed by atoms with Crippen LogP contribution in [0.2, 0.25) is 10.0 Å². The average Bonchev–Trinajstić information content (AvgIpc) is 2.82. The van der Waals surface area contributed by atoms with Gasteiger partial charge >= 0.3 is 17.6 Å². The number of ketones is 1. The Labute approximate surface area is 218 Å². The van der Waals surface area contributed by atoms with Gasteiger partial charge in [0, 0.05) is 10.6 Å². The molecule has 0 saturated carbocycles. The summed E-state index contributed by atoms with van der Waals surface area (Å²) in [7, 11) is 3.25. The highest BCUT2D eigenvalue weighted by molar-refractivity contribution is 6.35. The van der Waals surface area contributed by atoms with E-state index in [1.165, 1.54) is 43.0 Å². The summed E-state index contributed by atoms with van der Waals surface area (Å²) in [5.74, 6) is -3.64. The summed E-state index contributed by atoms with van der Waals surface area (Å²) in [4.78, 5) is 53.2. The van der Waals surface area contributed by atoms with Gasteiger partial charge in [-0.05, 0) is 58.3 Å². The van der Waals surface area contributed by atoms with E-state index in [0.717, 1.165) is 0 Å². The van der Waals surface area contributed by atoms with E-state index in [2.05, 4.69) is 15.5 Å². The number of rotatable bonds is 11. The number of amides is 1. The number of nitrogens with one attached hydrogen (secondary N) is 1. The normalized spacial score (nSPS) is 11.4. The second-order valence-electron chi connectivity index (χ2n) is 7.61. The van der Waals surface area contributed by atoms with Crippen LogP contribution in [0.4, 0.5) is 5.69 Å². The summed E-state index contributed by atoms with van der Waals surface area (Å²) in [6.07, 6.45) is 0. The number of hydrogen-bond donors (Lipinski definition) is 1. The van der Waals surface area contributed by atoms with E-state index in [1.807, 2.05) is 0 Å². The number of ether oxygens (including phenoxy) is 2. The number of carbonyl (C=O) groups is 4. The first-order valence-electron chi connectivity index (χ1n) is 10.9. The maximum absolute atomic E-state index is 13.2. The van der Waals surface area contributed by atoms with Crippen molar-refractivity contribution in [1.29, 1.82) is 0 Å². The van der Waals surface area contributed by atoms with Gasteiger partial charge in [-0.2, -0.15) is 5.11 Å². The van der Waals surface area contributed by atoms with Gasteiger partial charge in [-0.1, -0.05) is 35.3 Å². The summed E-state index contributed by atoms with van der Waals surface area (Å²) >= 11 is 12.3.